The Kier molecular flexibility index (Phi) is 6.35. The van der Waals surface area contributed by atoms with Crippen molar-refractivity contribution in [2.75, 3.05) is 36.5 Å². The molecule has 4 aromatic rings. The van der Waals surface area contributed by atoms with Gasteiger partial charge in [-0.05, 0) is 37.6 Å². The fourth-order valence-corrected chi connectivity index (χ4v) is 5.80. The molecule has 0 spiro atoms. The minimum absolute atomic E-state index is 0.0953. The van der Waals surface area contributed by atoms with E-state index in [1.54, 1.807) is 16.8 Å². The van der Waals surface area contributed by atoms with Gasteiger partial charge in [0.2, 0.25) is 11.0 Å². The van der Waals surface area contributed by atoms with E-state index in [0.717, 1.165) is 16.9 Å². The number of halogens is 2. The zero-order chi connectivity index (χ0) is 28.1. The smallest absolute Gasteiger partial charge is 0.285 e. The highest BCUT2D eigenvalue weighted by Crippen LogP contribution is 2.39. The van der Waals surface area contributed by atoms with Crippen molar-refractivity contribution in [2.45, 2.75) is 37.8 Å². The van der Waals surface area contributed by atoms with E-state index >= 15 is 0 Å². The SMILES string of the molecule is CC(=O)N[C@H]1CCN(c2nnc(-c3cnc(-c4ccc5cc(C#N)cnn45)cc3NC3(C)COC3)s2)CC1(F)F. The van der Waals surface area contributed by atoms with Gasteiger partial charge in [0.15, 0.2) is 5.01 Å². The maximum atomic E-state index is 14.8. The summed E-state index contributed by atoms with van der Waals surface area (Å²) in [7, 11) is 0. The number of nitrogens with one attached hydrogen (secondary N) is 2. The van der Waals surface area contributed by atoms with E-state index in [1.807, 2.05) is 25.1 Å². The largest absolute Gasteiger partial charge is 0.376 e. The van der Waals surface area contributed by atoms with Crippen LogP contribution < -0.4 is 15.5 Å². The third kappa shape index (κ3) is 4.82. The van der Waals surface area contributed by atoms with Gasteiger partial charge in [-0.15, -0.1) is 10.2 Å². The highest BCUT2D eigenvalue weighted by Gasteiger charge is 2.46. The number of aromatic nitrogens is 5. The monoisotopic (exact) mass is 565 g/mol. The van der Waals surface area contributed by atoms with Gasteiger partial charge in [0, 0.05) is 25.4 Å². The summed E-state index contributed by atoms with van der Waals surface area (Å²) < 4.78 is 36.7. The van der Waals surface area contributed by atoms with Gasteiger partial charge in [0.1, 0.15) is 6.07 Å². The first-order valence-electron chi connectivity index (χ1n) is 12.6. The van der Waals surface area contributed by atoms with Crippen LogP contribution in [0.1, 0.15) is 25.8 Å². The molecule has 11 nitrogen and oxygen atoms in total. The maximum absolute atomic E-state index is 14.8. The normalized spacial score (nSPS) is 19.6. The van der Waals surface area contributed by atoms with E-state index in [0.29, 0.717) is 46.7 Å². The number of alkyl halides is 2. The molecule has 206 valence electrons. The van der Waals surface area contributed by atoms with Crippen LogP contribution in [0.15, 0.2) is 36.7 Å². The number of hydrogen-bond donors (Lipinski definition) is 2. The Morgan fingerprint density at radius 2 is 2.08 bits per heavy atom. The lowest BCUT2D eigenvalue weighted by atomic mass is 9.99. The second kappa shape index (κ2) is 9.76. The molecule has 2 aliphatic rings. The molecule has 0 aliphatic carbocycles. The first-order chi connectivity index (χ1) is 19.1. The van der Waals surface area contributed by atoms with Gasteiger partial charge >= 0.3 is 0 Å². The fourth-order valence-electron chi connectivity index (χ4n) is 4.91. The Morgan fingerprint density at radius 1 is 1.25 bits per heavy atom. The summed E-state index contributed by atoms with van der Waals surface area (Å²) in [5.41, 5.74) is 3.75. The average Bonchev–Trinajstić information content (AvgIpc) is 3.56. The number of amides is 1. The molecule has 0 aromatic carbocycles. The maximum Gasteiger partial charge on any atom is 0.285 e. The number of nitrogens with zero attached hydrogens (tertiary/aromatic N) is 7. The molecular weight excluding hydrogens is 540 g/mol. The molecule has 6 heterocycles. The summed E-state index contributed by atoms with van der Waals surface area (Å²) >= 11 is 1.21. The van der Waals surface area contributed by atoms with Crippen LogP contribution in [0.3, 0.4) is 0 Å². The van der Waals surface area contributed by atoms with E-state index in [9.17, 15) is 18.8 Å². The predicted molar refractivity (Wildman–Crippen MR) is 144 cm³/mol. The van der Waals surface area contributed by atoms with Crippen LogP contribution in [-0.4, -0.2) is 74.5 Å². The topological polar surface area (TPSA) is 133 Å². The quantitative estimate of drug-likeness (QED) is 0.361. The lowest BCUT2D eigenvalue weighted by Crippen LogP contribution is -2.58. The minimum Gasteiger partial charge on any atom is -0.376 e. The lowest BCUT2D eigenvalue weighted by molar-refractivity contribution is -0.124. The van der Waals surface area contributed by atoms with E-state index in [1.165, 1.54) is 29.4 Å². The summed E-state index contributed by atoms with van der Waals surface area (Å²) in [5, 5.41) is 28.9. The Labute approximate surface area is 231 Å². The molecule has 2 N–H and O–H groups in total. The molecule has 1 atom stereocenters. The summed E-state index contributed by atoms with van der Waals surface area (Å²) in [5.74, 6) is -3.58. The molecular formula is C26H25F2N9O2S. The van der Waals surface area contributed by atoms with E-state index < -0.39 is 24.4 Å². The standard InChI is InChI=1S/C26H25F2N9O2S/c1-15(38)32-22-5-6-36(12-26(22,27)28)24-35-34-23(40-24)18-11-30-20(8-19(18)33-25(2)13-39-14-25)21-4-3-17-7-16(9-29)10-31-37(17)21/h3-4,7-8,10-11,22H,5-6,12-14H2,1-2H3,(H,30,33)(H,32,38)/t22-/m0/s1. The Bertz CT molecular complexity index is 1640. The molecule has 0 bridgehead atoms. The summed E-state index contributed by atoms with van der Waals surface area (Å²) in [6.45, 7) is 4.08. The number of piperidine rings is 1. The molecule has 0 saturated carbocycles. The molecule has 2 fully saturated rings. The molecule has 14 heteroatoms. The minimum atomic E-state index is -3.10. The zero-order valence-electron chi connectivity index (χ0n) is 21.7. The van der Waals surface area contributed by atoms with Crippen LogP contribution in [0, 0.1) is 11.3 Å². The zero-order valence-corrected chi connectivity index (χ0v) is 22.5. The Hall–Kier alpha value is -4.22. The molecule has 1 amide bonds. The Morgan fingerprint density at radius 3 is 2.77 bits per heavy atom. The first-order valence-corrected chi connectivity index (χ1v) is 13.4. The number of nitriles is 1. The van der Waals surface area contributed by atoms with Crippen molar-refractivity contribution >= 4 is 33.6 Å². The fraction of sp³-hybridized carbons (Fsp3) is 0.385. The number of ether oxygens (including phenoxy) is 1. The molecule has 0 unspecified atom stereocenters. The number of hydrogen-bond acceptors (Lipinski definition) is 10. The number of anilines is 2. The second-order valence-electron chi connectivity index (χ2n) is 10.3. The average molecular weight is 566 g/mol. The van der Waals surface area contributed by atoms with Crippen molar-refractivity contribution in [3.8, 4) is 28.0 Å². The second-order valence-corrected chi connectivity index (χ2v) is 11.3. The van der Waals surface area contributed by atoms with Gasteiger partial charge in [-0.25, -0.2) is 13.3 Å². The van der Waals surface area contributed by atoms with Crippen LogP contribution in [0.4, 0.5) is 19.6 Å². The third-order valence-corrected chi connectivity index (χ3v) is 7.98. The van der Waals surface area contributed by atoms with Crippen LogP contribution in [-0.2, 0) is 9.53 Å². The van der Waals surface area contributed by atoms with E-state index in [2.05, 4.69) is 37.0 Å². The van der Waals surface area contributed by atoms with Gasteiger partial charge < -0.3 is 20.3 Å². The molecule has 6 rings (SSSR count). The van der Waals surface area contributed by atoms with Crippen LogP contribution >= 0.6 is 11.3 Å². The highest BCUT2D eigenvalue weighted by molar-refractivity contribution is 7.18. The third-order valence-electron chi connectivity index (χ3n) is 6.97. The molecule has 0 radical (unpaired) electrons. The van der Waals surface area contributed by atoms with Crippen molar-refractivity contribution in [1.29, 1.82) is 5.26 Å². The summed E-state index contributed by atoms with van der Waals surface area (Å²) in [4.78, 5) is 17.5. The van der Waals surface area contributed by atoms with Crippen molar-refractivity contribution in [1.82, 2.24) is 30.1 Å². The van der Waals surface area contributed by atoms with E-state index in [-0.39, 0.29) is 12.0 Å². The Balaban J connectivity index is 1.32. The van der Waals surface area contributed by atoms with Gasteiger partial charge in [-0.1, -0.05) is 11.3 Å². The van der Waals surface area contributed by atoms with Crippen LogP contribution in [0.25, 0.3) is 27.5 Å². The van der Waals surface area contributed by atoms with Crippen LogP contribution in [0.2, 0.25) is 0 Å². The van der Waals surface area contributed by atoms with Gasteiger partial charge in [-0.2, -0.15) is 10.4 Å². The van der Waals surface area contributed by atoms with Gasteiger partial charge in [-0.3, -0.25) is 9.78 Å². The number of fused-ring (bicyclic) bond motifs is 1. The first kappa shape index (κ1) is 26.0. The number of carbonyl (C=O) groups excluding carboxylic acids is 1. The molecule has 40 heavy (non-hydrogen) atoms. The summed E-state index contributed by atoms with van der Waals surface area (Å²) in [6.07, 6.45) is 3.28. The number of pyridine rings is 1. The number of rotatable bonds is 6. The van der Waals surface area contributed by atoms with Crippen molar-refractivity contribution in [2.24, 2.45) is 0 Å². The predicted octanol–water partition coefficient (Wildman–Crippen LogP) is 3.34. The lowest BCUT2D eigenvalue weighted by Gasteiger charge is -2.40. The van der Waals surface area contributed by atoms with Crippen LogP contribution in [0.5, 0.6) is 0 Å². The number of carbonyl (C=O) groups is 1. The molecule has 2 aliphatic heterocycles. The van der Waals surface area contributed by atoms with Gasteiger partial charge in [0.25, 0.3) is 5.92 Å². The highest BCUT2D eigenvalue weighted by atomic mass is 32.1. The van der Waals surface area contributed by atoms with Gasteiger partial charge in [0.05, 0.1) is 65.6 Å². The van der Waals surface area contributed by atoms with Crippen molar-refractivity contribution in [3.63, 3.8) is 0 Å². The molecule has 4 aromatic heterocycles. The van der Waals surface area contributed by atoms with Crippen molar-refractivity contribution in [3.05, 3.63) is 42.2 Å². The van der Waals surface area contributed by atoms with E-state index in [4.69, 9.17) is 4.74 Å². The molecule has 2 saturated heterocycles. The van der Waals surface area contributed by atoms with Crippen molar-refractivity contribution < 1.29 is 18.3 Å². The summed E-state index contributed by atoms with van der Waals surface area (Å²) in [6, 6.07) is 8.29.